The van der Waals surface area contributed by atoms with E-state index in [0.29, 0.717) is 21.1 Å². The molecule has 0 saturated heterocycles. The topological polar surface area (TPSA) is 72.0 Å². The Morgan fingerprint density at radius 1 is 1.20 bits per heavy atom. The average Bonchev–Trinajstić information content (AvgIpc) is 2.75. The molecule has 0 aliphatic heterocycles. The molecular weight excluding hydrogens is 327 g/mol. The minimum atomic E-state index is -0.515. The van der Waals surface area contributed by atoms with Gasteiger partial charge in [-0.3, -0.25) is 4.98 Å². The smallest absolute Gasteiger partial charge is 0.408 e. The maximum Gasteiger partial charge on any atom is 0.417 e. The van der Waals surface area contributed by atoms with E-state index < -0.39 is 11.8 Å². The predicted octanol–water partition coefficient (Wildman–Crippen LogP) is 3.07. The largest absolute Gasteiger partial charge is 0.417 e. The zero-order valence-corrected chi connectivity index (χ0v) is 11.8. The van der Waals surface area contributed by atoms with Crippen molar-refractivity contribution in [1.82, 2.24) is 4.98 Å². The Labute approximate surface area is 121 Å². The minimum absolute atomic E-state index is 0.362. The Hall–Kier alpha value is -1.92. The van der Waals surface area contributed by atoms with Gasteiger partial charge in [0.15, 0.2) is 5.58 Å². The summed E-state index contributed by atoms with van der Waals surface area (Å²) in [4.78, 5) is 13.7. The molecular formula is C14H10BrFN2O2. The summed E-state index contributed by atoms with van der Waals surface area (Å²) in [5.41, 5.74) is 8.53. The van der Waals surface area contributed by atoms with Gasteiger partial charge >= 0.3 is 5.76 Å². The van der Waals surface area contributed by atoms with Crippen LogP contribution in [0.3, 0.4) is 0 Å². The predicted molar refractivity (Wildman–Crippen MR) is 77.0 cm³/mol. The van der Waals surface area contributed by atoms with Crippen molar-refractivity contribution in [2.45, 2.75) is 6.04 Å². The number of rotatable bonds is 2. The number of aromatic amines is 1. The van der Waals surface area contributed by atoms with E-state index in [-0.39, 0.29) is 5.82 Å². The van der Waals surface area contributed by atoms with Crippen molar-refractivity contribution in [1.29, 1.82) is 0 Å². The molecule has 4 nitrogen and oxygen atoms in total. The number of halogens is 2. The lowest BCUT2D eigenvalue weighted by Gasteiger charge is -2.13. The zero-order valence-electron chi connectivity index (χ0n) is 10.2. The number of hydrogen-bond donors (Lipinski definition) is 2. The highest BCUT2D eigenvalue weighted by Crippen LogP contribution is 2.25. The van der Waals surface area contributed by atoms with Gasteiger partial charge in [0.1, 0.15) is 5.82 Å². The van der Waals surface area contributed by atoms with E-state index in [1.165, 1.54) is 12.1 Å². The molecule has 1 atom stereocenters. The standard InChI is InChI=1S/C14H10BrFN2O2/c15-9-3-8(4-10(16)6-9)13(17)7-1-2-11-12(5-7)20-14(19)18-11/h1-6,13H,17H2,(H,18,19). The molecule has 1 heterocycles. The van der Waals surface area contributed by atoms with Crippen molar-refractivity contribution in [3.63, 3.8) is 0 Å². The third kappa shape index (κ3) is 2.39. The quantitative estimate of drug-likeness (QED) is 0.755. The van der Waals surface area contributed by atoms with Gasteiger partial charge in [-0.1, -0.05) is 22.0 Å². The number of nitrogens with one attached hydrogen (secondary N) is 1. The molecule has 102 valence electrons. The van der Waals surface area contributed by atoms with Gasteiger partial charge < -0.3 is 10.2 Å². The van der Waals surface area contributed by atoms with Crippen molar-refractivity contribution in [2.75, 3.05) is 0 Å². The van der Waals surface area contributed by atoms with Crippen molar-refractivity contribution in [3.05, 3.63) is 68.4 Å². The van der Waals surface area contributed by atoms with Crippen LogP contribution in [0.15, 0.2) is 50.1 Å². The van der Waals surface area contributed by atoms with Gasteiger partial charge in [-0.25, -0.2) is 9.18 Å². The summed E-state index contributed by atoms with van der Waals surface area (Å²) >= 11 is 3.24. The monoisotopic (exact) mass is 336 g/mol. The maximum absolute atomic E-state index is 13.4. The van der Waals surface area contributed by atoms with Gasteiger partial charge in [0.25, 0.3) is 0 Å². The molecule has 0 amide bonds. The lowest BCUT2D eigenvalue weighted by molar-refractivity contribution is 0.555. The molecule has 0 fully saturated rings. The fourth-order valence-corrected chi connectivity index (χ4v) is 2.59. The van der Waals surface area contributed by atoms with Crippen LogP contribution in [-0.2, 0) is 0 Å². The van der Waals surface area contributed by atoms with Crippen LogP contribution in [0, 0.1) is 5.82 Å². The second-order valence-electron chi connectivity index (χ2n) is 4.45. The summed E-state index contributed by atoms with van der Waals surface area (Å²) in [6.07, 6.45) is 0. The summed E-state index contributed by atoms with van der Waals surface area (Å²) in [5.74, 6) is -0.877. The third-order valence-electron chi connectivity index (χ3n) is 3.05. The molecule has 0 aliphatic rings. The summed E-state index contributed by atoms with van der Waals surface area (Å²) in [7, 11) is 0. The second-order valence-corrected chi connectivity index (χ2v) is 5.37. The van der Waals surface area contributed by atoms with E-state index in [0.717, 1.165) is 5.56 Å². The first-order chi connectivity index (χ1) is 9.52. The highest BCUT2D eigenvalue weighted by Gasteiger charge is 2.13. The fourth-order valence-electron chi connectivity index (χ4n) is 2.10. The SMILES string of the molecule is NC(c1cc(F)cc(Br)c1)c1ccc2[nH]c(=O)oc2c1. The number of nitrogens with two attached hydrogens (primary N) is 1. The summed E-state index contributed by atoms with van der Waals surface area (Å²) < 4.78 is 19.0. The van der Waals surface area contributed by atoms with E-state index in [1.807, 2.05) is 0 Å². The number of oxazole rings is 1. The van der Waals surface area contributed by atoms with Crippen LogP contribution in [0.2, 0.25) is 0 Å². The van der Waals surface area contributed by atoms with Crippen LogP contribution in [0.5, 0.6) is 0 Å². The van der Waals surface area contributed by atoms with Crippen LogP contribution < -0.4 is 11.5 Å². The molecule has 0 aliphatic carbocycles. The second kappa shape index (κ2) is 4.88. The van der Waals surface area contributed by atoms with Gasteiger partial charge in [0, 0.05) is 4.47 Å². The number of hydrogen-bond acceptors (Lipinski definition) is 3. The molecule has 0 radical (unpaired) electrons. The van der Waals surface area contributed by atoms with Gasteiger partial charge in [-0.15, -0.1) is 0 Å². The van der Waals surface area contributed by atoms with E-state index in [4.69, 9.17) is 10.2 Å². The van der Waals surface area contributed by atoms with E-state index in [1.54, 1.807) is 24.3 Å². The van der Waals surface area contributed by atoms with E-state index in [9.17, 15) is 9.18 Å². The molecule has 3 aromatic rings. The molecule has 20 heavy (non-hydrogen) atoms. The lowest BCUT2D eigenvalue weighted by atomic mass is 9.99. The van der Waals surface area contributed by atoms with Crippen LogP contribution in [0.1, 0.15) is 17.2 Å². The molecule has 3 N–H and O–H groups in total. The minimum Gasteiger partial charge on any atom is -0.408 e. The van der Waals surface area contributed by atoms with Gasteiger partial charge in [-0.2, -0.15) is 0 Å². The summed E-state index contributed by atoms with van der Waals surface area (Å²) in [5, 5.41) is 0. The first kappa shape index (κ1) is 13.1. The number of H-pyrrole nitrogens is 1. The van der Waals surface area contributed by atoms with E-state index >= 15 is 0 Å². The third-order valence-corrected chi connectivity index (χ3v) is 3.51. The molecule has 0 bridgehead atoms. The van der Waals surface area contributed by atoms with Gasteiger partial charge in [0.05, 0.1) is 11.6 Å². The molecule has 3 rings (SSSR count). The van der Waals surface area contributed by atoms with Gasteiger partial charge in [-0.05, 0) is 41.5 Å². The Kier molecular flexibility index (Phi) is 3.19. The van der Waals surface area contributed by atoms with Crippen LogP contribution >= 0.6 is 15.9 Å². The molecule has 1 unspecified atom stereocenters. The Bertz CT molecular complexity index is 820. The number of benzene rings is 2. The highest BCUT2D eigenvalue weighted by molar-refractivity contribution is 9.10. The van der Waals surface area contributed by atoms with Crippen LogP contribution in [-0.4, -0.2) is 4.98 Å². The molecule has 6 heteroatoms. The van der Waals surface area contributed by atoms with Crippen molar-refractivity contribution in [3.8, 4) is 0 Å². The van der Waals surface area contributed by atoms with Crippen LogP contribution in [0.4, 0.5) is 4.39 Å². The first-order valence-corrected chi connectivity index (χ1v) is 6.66. The summed E-state index contributed by atoms with van der Waals surface area (Å²) in [6, 6.07) is 9.16. The lowest BCUT2D eigenvalue weighted by Crippen LogP contribution is -2.12. The fraction of sp³-hybridized carbons (Fsp3) is 0.0714. The highest BCUT2D eigenvalue weighted by atomic mass is 79.9. The first-order valence-electron chi connectivity index (χ1n) is 5.87. The van der Waals surface area contributed by atoms with Crippen LogP contribution in [0.25, 0.3) is 11.1 Å². The maximum atomic E-state index is 13.4. The normalized spacial score (nSPS) is 12.8. The molecule has 2 aromatic carbocycles. The summed E-state index contributed by atoms with van der Waals surface area (Å²) in [6.45, 7) is 0. The van der Waals surface area contributed by atoms with Crippen molar-refractivity contribution in [2.24, 2.45) is 5.73 Å². The Morgan fingerprint density at radius 3 is 2.75 bits per heavy atom. The van der Waals surface area contributed by atoms with E-state index in [2.05, 4.69) is 20.9 Å². The average molecular weight is 337 g/mol. The van der Waals surface area contributed by atoms with Crippen molar-refractivity contribution >= 4 is 27.0 Å². The zero-order chi connectivity index (χ0) is 14.3. The number of fused-ring (bicyclic) bond motifs is 1. The number of aromatic nitrogens is 1. The molecule has 0 saturated carbocycles. The molecule has 0 spiro atoms. The molecule has 1 aromatic heterocycles. The Balaban J connectivity index is 2.06. The Morgan fingerprint density at radius 2 is 2.00 bits per heavy atom. The van der Waals surface area contributed by atoms with Crippen molar-refractivity contribution < 1.29 is 8.81 Å². The van der Waals surface area contributed by atoms with Gasteiger partial charge in [0.2, 0.25) is 0 Å².